The van der Waals surface area contributed by atoms with Gasteiger partial charge in [0.2, 0.25) is 5.91 Å². The van der Waals surface area contributed by atoms with Crippen LogP contribution in [0.1, 0.15) is 31.2 Å². The van der Waals surface area contributed by atoms with Crippen molar-refractivity contribution in [1.82, 2.24) is 0 Å². The first-order valence-corrected chi connectivity index (χ1v) is 7.56. The molecule has 1 unspecified atom stereocenters. The summed E-state index contributed by atoms with van der Waals surface area (Å²) in [6.07, 6.45) is 3.94. The van der Waals surface area contributed by atoms with Crippen LogP contribution < -0.4 is 11.1 Å². The smallest absolute Gasteiger partial charge is 0.226 e. The van der Waals surface area contributed by atoms with Crippen LogP contribution in [0, 0.1) is 0 Å². The molecule has 0 aliphatic carbocycles. The molecule has 0 saturated carbocycles. The van der Waals surface area contributed by atoms with E-state index in [-0.39, 0.29) is 12.0 Å². The van der Waals surface area contributed by atoms with E-state index in [1.807, 2.05) is 24.3 Å². The number of rotatable bonds is 7. The minimum absolute atomic E-state index is 0.0475. The molecule has 2 rings (SSSR count). The number of nitrogens with two attached hydrogens (primary N) is 1. The van der Waals surface area contributed by atoms with Gasteiger partial charge in [-0.15, -0.1) is 0 Å². The van der Waals surface area contributed by atoms with Crippen LogP contribution >= 0.6 is 0 Å². The number of amides is 1. The van der Waals surface area contributed by atoms with Crippen LogP contribution in [0.5, 0.6) is 0 Å². The molecule has 1 amide bonds. The topological polar surface area (TPSA) is 73.6 Å². The first-order valence-electron chi connectivity index (χ1n) is 7.56. The van der Waals surface area contributed by atoms with E-state index in [2.05, 4.69) is 5.32 Å². The number of benzene rings is 1. The van der Waals surface area contributed by atoms with Gasteiger partial charge >= 0.3 is 0 Å². The van der Waals surface area contributed by atoms with Crippen molar-refractivity contribution in [3.8, 4) is 0 Å². The van der Waals surface area contributed by atoms with Crippen molar-refractivity contribution < 1.29 is 14.3 Å². The Morgan fingerprint density at radius 2 is 2.33 bits per heavy atom. The van der Waals surface area contributed by atoms with Crippen molar-refractivity contribution in [1.29, 1.82) is 0 Å². The maximum atomic E-state index is 11.8. The van der Waals surface area contributed by atoms with Crippen LogP contribution in [-0.4, -0.2) is 31.8 Å². The third-order valence-corrected chi connectivity index (χ3v) is 3.50. The normalized spacial score (nSPS) is 18.4. The summed E-state index contributed by atoms with van der Waals surface area (Å²) in [6, 6.07) is 7.56. The minimum atomic E-state index is -0.0475. The first-order chi connectivity index (χ1) is 10.3. The Bertz CT molecular complexity index is 445. The molecule has 3 N–H and O–H groups in total. The molecule has 1 aromatic carbocycles. The Balaban J connectivity index is 1.62. The number of carbonyl (C=O) groups is 1. The number of ether oxygens (including phenoxy) is 2. The van der Waals surface area contributed by atoms with Gasteiger partial charge in [-0.2, -0.15) is 0 Å². The molecule has 1 fully saturated rings. The summed E-state index contributed by atoms with van der Waals surface area (Å²) in [7, 11) is 0. The summed E-state index contributed by atoms with van der Waals surface area (Å²) in [5.41, 5.74) is 7.35. The lowest BCUT2D eigenvalue weighted by Crippen LogP contribution is -2.25. The van der Waals surface area contributed by atoms with Gasteiger partial charge in [0.1, 0.15) is 0 Å². The van der Waals surface area contributed by atoms with Crippen LogP contribution in [0.3, 0.4) is 0 Å². The molecule has 21 heavy (non-hydrogen) atoms. The van der Waals surface area contributed by atoms with Gasteiger partial charge in [0.15, 0.2) is 0 Å². The largest absolute Gasteiger partial charge is 0.378 e. The summed E-state index contributed by atoms with van der Waals surface area (Å²) in [5.74, 6) is -0.0475. The van der Waals surface area contributed by atoms with Gasteiger partial charge in [-0.05, 0) is 37.0 Å². The fourth-order valence-corrected chi connectivity index (χ4v) is 2.32. The van der Waals surface area contributed by atoms with Crippen molar-refractivity contribution in [2.75, 3.05) is 25.1 Å². The number of nitrogens with one attached hydrogen (secondary N) is 1. The van der Waals surface area contributed by atoms with E-state index in [9.17, 15) is 4.79 Å². The predicted molar refractivity (Wildman–Crippen MR) is 82.0 cm³/mol. The number of anilines is 1. The van der Waals surface area contributed by atoms with E-state index in [0.717, 1.165) is 30.7 Å². The second-order valence-corrected chi connectivity index (χ2v) is 5.27. The van der Waals surface area contributed by atoms with Crippen molar-refractivity contribution in [2.24, 2.45) is 5.73 Å². The van der Waals surface area contributed by atoms with Gasteiger partial charge in [0, 0.05) is 18.8 Å². The summed E-state index contributed by atoms with van der Waals surface area (Å²) >= 11 is 0. The van der Waals surface area contributed by atoms with E-state index in [4.69, 9.17) is 15.2 Å². The second-order valence-electron chi connectivity index (χ2n) is 5.27. The van der Waals surface area contributed by atoms with E-state index >= 15 is 0 Å². The third-order valence-electron chi connectivity index (χ3n) is 3.50. The molecule has 0 spiro atoms. The SMILES string of the molecule is NCc1cccc(NC(=O)CCOCC2CCCCO2)c1. The third kappa shape index (κ3) is 5.83. The molecule has 1 aromatic rings. The van der Waals surface area contributed by atoms with Crippen LogP contribution in [0.25, 0.3) is 0 Å². The van der Waals surface area contributed by atoms with Crippen LogP contribution in [0.15, 0.2) is 24.3 Å². The first kappa shape index (κ1) is 15.9. The second kappa shape index (κ2) is 8.77. The van der Waals surface area contributed by atoms with Gasteiger partial charge in [0.05, 0.1) is 25.7 Å². The zero-order chi connectivity index (χ0) is 14.9. The lowest BCUT2D eigenvalue weighted by atomic mass is 10.1. The highest BCUT2D eigenvalue weighted by molar-refractivity contribution is 5.90. The summed E-state index contributed by atoms with van der Waals surface area (Å²) in [4.78, 5) is 11.8. The maximum Gasteiger partial charge on any atom is 0.226 e. The quantitative estimate of drug-likeness (QED) is 0.754. The van der Waals surface area contributed by atoms with E-state index in [1.165, 1.54) is 6.42 Å². The number of carbonyl (C=O) groups excluding carboxylic acids is 1. The van der Waals surface area contributed by atoms with Crippen molar-refractivity contribution in [3.05, 3.63) is 29.8 Å². The molecule has 1 aliphatic heterocycles. The van der Waals surface area contributed by atoms with Crippen molar-refractivity contribution >= 4 is 11.6 Å². The highest BCUT2D eigenvalue weighted by atomic mass is 16.5. The van der Waals surface area contributed by atoms with E-state index < -0.39 is 0 Å². The summed E-state index contributed by atoms with van der Waals surface area (Å²) in [5, 5.41) is 2.85. The van der Waals surface area contributed by atoms with Gasteiger partial charge in [-0.25, -0.2) is 0 Å². The minimum Gasteiger partial charge on any atom is -0.378 e. The van der Waals surface area contributed by atoms with Crippen LogP contribution in [0.4, 0.5) is 5.69 Å². The van der Waals surface area contributed by atoms with Gasteiger partial charge in [-0.3, -0.25) is 4.79 Å². The Morgan fingerprint density at radius 1 is 1.43 bits per heavy atom. The molecule has 0 aromatic heterocycles. The maximum absolute atomic E-state index is 11.8. The number of hydrogen-bond acceptors (Lipinski definition) is 4. The lowest BCUT2D eigenvalue weighted by Gasteiger charge is -2.22. The van der Waals surface area contributed by atoms with Crippen molar-refractivity contribution in [2.45, 2.75) is 38.3 Å². The molecule has 1 heterocycles. The van der Waals surface area contributed by atoms with E-state index in [1.54, 1.807) is 0 Å². The van der Waals surface area contributed by atoms with Gasteiger partial charge < -0.3 is 20.5 Å². The molecule has 1 saturated heterocycles. The average Bonchev–Trinajstić information content (AvgIpc) is 2.53. The monoisotopic (exact) mass is 292 g/mol. The Morgan fingerprint density at radius 3 is 3.10 bits per heavy atom. The highest BCUT2D eigenvalue weighted by Crippen LogP contribution is 2.13. The zero-order valence-corrected chi connectivity index (χ0v) is 12.3. The molecule has 0 radical (unpaired) electrons. The van der Waals surface area contributed by atoms with Gasteiger partial charge in [-0.1, -0.05) is 12.1 Å². The molecular weight excluding hydrogens is 268 g/mol. The molecule has 0 bridgehead atoms. The molecule has 5 nitrogen and oxygen atoms in total. The van der Waals surface area contributed by atoms with Crippen LogP contribution in [-0.2, 0) is 20.8 Å². The molecule has 5 heteroatoms. The van der Waals surface area contributed by atoms with Gasteiger partial charge in [0.25, 0.3) is 0 Å². The summed E-state index contributed by atoms with van der Waals surface area (Å²) < 4.78 is 11.1. The standard InChI is InChI=1S/C16H24N2O3/c17-11-13-4-3-5-14(10-13)18-16(19)7-9-20-12-15-6-1-2-8-21-15/h3-5,10,15H,1-2,6-9,11-12,17H2,(H,18,19). The summed E-state index contributed by atoms with van der Waals surface area (Å²) in [6.45, 7) is 2.29. The highest BCUT2D eigenvalue weighted by Gasteiger charge is 2.13. The molecule has 1 aliphatic rings. The molecule has 116 valence electrons. The predicted octanol–water partition coefficient (Wildman–Crippen LogP) is 2.06. The fourth-order valence-electron chi connectivity index (χ4n) is 2.32. The Kier molecular flexibility index (Phi) is 6.66. The average molecular weight is 292 g/mol. The fraction of sp³-hybridized carbons (Fsp3) is 0.562. The lowest BCUT2D eigenvalue weighted by molar-refractivity contribution is -0.117. The van der Waals surface area contributed by atoms with E-state index in [0.29, 0.717) is 26.2 Å². The van der Waals surface area contributed by atoms with Crippen LogP contribution in [0.2, 0.25) is 0 Å². The Hall–Kier alpha value is -1.43. The number of hydrogen-bond donors (Lipinski definition) is 2. The zero-order valence-electron chi connectivity index (χ0n) is 12.3. The Labute approximate surface area is 125 Å². The molecular formula is C16H24N2O3. The molecule has 1 atom stereocenters. The van der Waals surface area contributed by atoms with Crippen molar-refractivity contribution in [3.63, 3.8) is 0 Å².